The molecular weight excluding hydrogens is 332 g/mol. The fraction of sp³-hybridized carbons (Fsp3) is 0.100. The van der Waals surface area contributed by atoms with Crippen LogP contribution in [0.15, 0.2) is 65.8 Å². The van der Waals surface area contributed by atoms with Crippen molar-refractivity contribution in [2.75, 3.05) is 6.61 Å². The molecule has 132 valence electrons. The Bertz CT molecular complexity index is 982. The number of carbonyl (C=O) groups excluding carboxylic acids is 1. The Balaban J connectivity index is 1.60. The number of hydrogen-bond donors (Lipinski definition) is 3. The lowest BCUT2D eigenvalue weighted by Gasteiger charge is -2.08. The quantitative estimate of drug-likeness (QED) is 0.374. The Kier molecular flexibility index (Phi) is 5.03. The van der Waals surface area contributed by atoms with Gasteiger partial charge in [-0.2, -0.15) is 5.10 Å². The van der Waals surface area contributed by atoms with Gasteiger partial charge in [0.1, 0.15) is 17.2 Å². The zero-order chi connectivity index (χ0) is 18.5. The highest BCUT2D eigenvalue weighted by Crippen LogP contribution is 2.23. The van der Waals surface area contributed by atoms with Crippen LogP contribution in [0.1, 0.15) is 12.5 Å². The number of nitrogens with zero attached hydrogens (tertiary/aromatic N) is 1. The topological polar surface area (TPSA) is 91.2 Å². The van der Waals surface area contributed by atoms with Crippen LogP contribution in [0.3, 0.4) is 0 Å². The molecule has 0 heterocycles. The molecule has 0 radical (unpaired) electrons. The number of aromatic hydroxyl groups is 2. The van der Waals surface area contributed by atoms with Gasteiger partial charge < -0.3 is 14.9 Å². The first-order valence-electron chi connectivity index (χ1n) is 8.00. The Morgan fingerprint density at radius 2 is 1.81 bits per heavy atom. The number of phenols is 2. The number of fused-ring (bicyclic) bond motifs is 1. The van der Waals surface area contributed by atoms with Crippen molar-refractivity contribution in [3.63, 3.8) is 0 Å². The van der Waals surface area contributed by atoms with Gasteiger partial charge in [0.25, 0.3) is 5.91 Å². The third-order valence-corrected chi connectivity index (χ3v) is 3.81. The minimum atomic E-state index is -0.433. The molecule has 0 aliphatic heterocycles. The Morgan fingerprint density at radius 1 is 1.04 bits per heavy atom. The minimum Gasteiger partial charge on any atom is -0.508 e. The molecule has 0 saturated carbocycles. The summed E-state index contributed by atoms with van der Waals surface area (Å²) >= 11 is 0. The van der Waals surface area contributed by atoms with Crippen molar-refractivity contribution in [2.45, 2.75) is 6.92 Å². The highest BCUT2D eigenvalue weighted by molar-refractivity contribution is 6.01. The number of amides is 1. The van der Waals surface area contributed by atoms with Crippen LogP contribution in [0.5, 0.6) is 17.2 Å². The van der Waals surface area contributed by atoms with E-state index in [2.05, 4.69) is 10.5 Å². The van der Waals surface area contributed by atoms with Crippen LogP contribution in [0, 0.1) is 0 Å². The van der Waals surface area contributed by atoms with Crippen molar-refractivity contribution in [2.24, 2.45) is 5.10 Å². The summed E-state index contributed by atoms with van der Waals surface area (Å²) in [6.45, 7) is 1.42. The predicted octanol–water partition coefficient (Wildman–Crippen LogP) is 3.17. The van der Waals surface area contributed by atoms with Gasteiger partial charge in [0.15, 0.2) is 6.61 Å². The first-order chi connectivity index (χ1) is 12.5. The summed E-state index contributed by atoms with van der Waals surface area (Å²) in [5.41, 5.74) is 3.06. The SMILES string of the molecule is C/C(=N/NC(=O)COc1ccc2ccccc2c1)c1cc(O)ccc1O. The van der Waals surface area contributed by atoms with Crippen LogP contribution < -0.4 is 10.2 Å². The highest BCUT2D eigenvalue weighted by atomic mass is 16.5. The van der Waals surface area contributed by atoms with E-state index in [9.17, 15) is 15.0 Å². The van der Waals surface area contributed by atoms with E-state index < -0.39 is 5.91 Å². The number of benzene rings is 3. The molecule has 0 bridgehead atoms. The maximum Gasteiger partial charge on any atom is 0.277 e. The predicted molar refractivity (Wildman–Crippen MR) is 99.6 cm³/mol. The summed E-state index contributed by atoms with van der Waals surface area (Å²) in [4.78, 5) is 11.9. The van der Waals surface area contributed by atoms with Gasteiger partial charge >= 0.3 is 0 Å². The normalized spacial score (nSPS) is 11.3. The van der Waals surface area contributed by atoms with E-state index >= 15 is 0 Å². The number of ether oxygens (including phenoxy) is 1. The highest BCUT2D eigenvalue weighted by Gasteiger charge is 2.08. The van der Waals surface area contributed by atoms with E-state index in [0.717, 1.165) is 10.8 Å². The second kappa shape index (κ2) is 7.57. The molecule has 0 saturated heterocycles. The number of nitrogens with one attached hydrogen (secondary N) is 1. The first-order valence-corrected chi connectivity index (χ1v) is 8.00. The van der Waals surface area contributed by atoms with Gasteiger partial charge in [-0.1, -0.05) is 30.3 Å². The first kappa shape index (κ1) is 17.3. The van der Waals surface area contributed by atoms with Crippen LogP contribution in [0.2, 0.25) is 0 Å². The molecule has 1 amide bonds. The lowest BCUT2D eigenvalue weighted by atomic mass is 10.1. The van der Waals surface area contributed by atoms with Gasteiger partial charge in [-0.3, -0.25) is 4.79 Å². The standard InChI is InChI=1S/C20H18N2O4/c1-13(18-11-16(23)7-9-19(18)24)21-22-20(25)12-26-17-8-6-14-4-2-3-5-15(14)10-17/h2-11,23-24H,12H2,1H3,(H,22,25)/b21-13-. The van der Waals surface area contributed by atoms with Gasteiger partial charge in [0, 0.05) is 5.56 Å². The number of carbonyl (C=O) groups is 1. The fourth-order valence-corrected chi connectivity index (χ4v) is 2.46. The molecule has 6 nitrogen and oxygen atoms in total. The molecule has 3 rings (SSSR count). The minimum absolute atomic E-state index is 0.00156. The molecule has 0 aliphatic rings. The van der Waals surface area contributed by atoms with Crippen molar-refractivity contribution in [1.29, 1.82) is 0 Å². The van der Waals surface area contributed by atoms with E-state index in [0.29, 0.717) is 17.0 Å². The second-order valence-electron chi connectivity index (χ2n) is 5.73. The lowest BCUT2D eigenvalue weighted by Crippen LogP contribution is -2.25. The molecule has 3 aromatic rings. The smallest absolute Gasteiger partial charge is 0.277 e. The summed E-state index contributed by atoms with van der Waals surface area (Å²) in [6.07, 6.45) is 0. The zero-order valence-electron chi connectivity index (χ0n) is 14.1. The molecule has 0 fully saturated rings. The molecule has 0 aromatic heterocycles. The van der Waals surface area contributed by atoms with Crippen molar-refractivity contribution >= 4 is 22.4 Å². The maximum absolute atomic E-state index is 11.9. The van der Waals surface area contributed by atoms with E-state index in [1.165, 1.54) is 18.2 Å². The third kappa shape index (κ3) is 4.10. The largest absolute Gasteiger partial charge is 0.508 e. The summed E-state index contributed by atoms with van der Waals surface area (Å²) in [7, 11) is 0. The number of hydrogen-bond acceptors (Lipinski definition) is 5. The van der Waals surface area contributed by atoms with Gasteiger partial charge in [-0.15, -0.1) is 0 Å². The van der Waals surface area contributed by atoms with Crippen LogP contribution in [0.4, 0.5) is 0 Å². The molecule has 26 heavy (non-hydrogen) atoms. The van der Waals surface area contributed by atoms with E-state index in [1.807, 2.05) is 36.4 Å². The van der Waals surface area contributed by atoms with Crippen LogP contribution in [-0.4, -0.2) is 28.4 Å². The molecule has 6 heteroatoms. The Hall–Kier alpha value is -3.54. The molecule has 0 spiro atoms. The number of hydrazone groups is 1. The number of rotatable bonds is 5. The Labute approximate surface area is 150 Å². The van der Waals surface area contributed by atoms with E-state index in [1.54, 1.807) is 13.0 Å². The van der Waals surface area contributed by atoms with Crippen molar-refractivity contribution in [3.8, 4) is 17.2 Å². The maximum atomic E-state index is 11.9. The average molecular weight is 350 g/mol. The second-order valence-corrected chi connectivity index (χ2v) is 5.73. The fourth-order valence-electron chi connectivity index (χ4n) is 2.46. The Morgan fingerprint density at radius 3 is 2.62 bits per heavy atom. The van der Waals surface area contributed by atoms with Crippen molar-refractivity contribution < 1.29 is 19.7 Å². The zero-order valence-corrected chi connectivity index (χ0v) is 14.1. The van der Waals surface area contributed by atoms with Gasteiger partial charge in [-0.25, -0.2) is 5.43 Å². The van der Waals surface area contributed by atoms with Gasteiger partial charge in [-0.05, 0) is 48.0 Å². The molecular formula is C20H18N2O4. The summed E-state index contributed by atoms with van der Waals surface area (Å²) < 4.78 is 5.49. The van der Waals surface area contributed by atoms with E-state index in [-0.39, 0.29) is 18.1 Å². The molecule has 0 unspecified atom stereocenters. The molecule has 0 aliphatic carbocycles. The molecule has 3 N–H and O–H groups in total. The van der Waals surface area contributed by atoms with Crippen LogP contribution in [-0.2, 0) is 4.79 Å². The summed E-state index contributed by atoms with van der Waals surface area (Å²) in [5, 5.41) is 25.3. The third-order valence-electron chi connectivity index (χ3n) is 3.81. The summed E-state index contributed by atoms with van der Waals surface area (Å²) in [5.74, 6) is 0.117. The van der Waals surface area contributed by atoms with Gasteiger partial charge in [0.2, 0.25) is 0 Å². The summed E-state index contributed by atoms with van der Waals surface area (Å²) in [6, 6.07) is 17.5. The van der Waals surface area contributed by atoms with Gasteiger partial charge in [0.05, 0.1) is 5.71 Å². The van der Waals surface area contributed by atoms with Crippen LogP contribution >= 0.6 is 0 Å². The monoisotopic (exact) mass is 350 g/mol. The average Bonchev–Trinajstić information content (AvgIpc) is 2.66. The molecule has 0 atom stereocenters. The number of phenolic OH excluding ortho intramolecular Hbond substituents is 2. The lowest BCUT2D eigenvalue weighted by molar-refractivity contribution is -0.123. The van der Waals surface area contributed by atoms with Crippen molar-refractivity contribution in [1.82, 2.24) is 5.43 Å². The van der Waals surface area contributed by atoms with Crippen LogP contribution in [0.25, 0.3) is 10.8 Å². The van der Waals surface area contributed by atoms with Crippen molar-refractivity contribution in [3.05, 3.63) is 66.2 Å². The van der Waals surface area contributed by atoms with E-state index in [4.69, 9.17) is 4.74 Å². The molecule has 3 aromatic carbocycles.